The first-order valence-electron chi connectivity index (χ1n) is 7.19. The van der Waals surface area contributed by atoms with Crippen molar-refractivity contribution in [1.29, 1.82) is 0 Å². The number of hydrogen-bond donors (Lipinski definition) is 1. The molecule has 0 heterocycles. The van der Waals surface area contributed by atoms with E-state index in [0.717, 1.165) is 5.69 Å². The molecule has 0 fully saturated rings. The molecule has 116 valence electrons. The molecule has 0 aliphatic heterocycles. The molecule has 0 radical (unpaired) electrons. The maximum atomic E-state index is 12.5. The third-order valence-electron chi connectivity index (χ3n) is 3.49. The topological polar surface area (TPSA) is 47.6 Å². The standard InChI is InChI=1S/C18H21NO3/c1-12(2)13-8-10-14(11-9-13)19-18(20)17-15(21-3)6-5-7-16(17)22-4/h5-12H,1-4H3,(H,19,20). The van der Waals surface area contributed by atoms with Crippen molar-refractivity contribution in [2.75, 3.05) is 19.5 Å². The molecular formula is C18H21NO3. The lowest BCUT2D eigenvalue weighted by Gasteiger charge is -2.13. The van der Waals surface area contributed by atoms with Gasteiger partial charge >= 0.3 is 0 Å². The Bertz CT molecular complexity index is 626. The van der Waals surface area contributed by atoms with Crippen LogP contribution in [0.1, 0.15) is 35.7 Å². The predicted molar refractivity (Wildman–Crippen MR) is 88.0 cm³/mol. The Hall–Kier alpha value is -2.49. The summed E-state index contributed by atoms with van der Waals surface area (Å²) in [7, 11) is 3.06. The number of amides is 1. The number of carbonyl (C=O) groups excluding carboxylic acids is 1. The molecule has 0 saturated heterocycles. The van der Waals surface area contributed by atoms with E-state index in [1.165, 1.54) is 19.8 Å². The molecule has 0 aromatic heterocycles. The zero-order valence-electron chi connectivity index (χ0n) is 13.3. The molecule has 4 nitrogen and oxygen atoms in total. The lowest BCUT2D eigenvalue weighted by Crippen LogP contribution is -2.14. The zero-order chi connectivity index (χ0) is 16.1. The number of ether oxygens (including phenoxy) is 2. The predicted octanol–water partition coefficient (Wildman–Crippen LogP) is 4.08. The Morgan fingerprint density at radius 3 is 1.95 bits per heavy atom. The van der Waals surface area contributed by atoms with Gasteiger partial charge in [-0.3, -0.25) is 4.79 Å². The molecule has 0 atom stereocenters. The van der Waals surface area contributed by atoms with Crippen molar-refractivity contribution in [2.24, 2.45) is 0 Å². The van der Waals surface area contributed by atoms with E-state index in [1.807, 2.05) is 24.3 Å². The van der Waals surface area contributed by atoms with Crippen molar-refractivity contribution >= 4 is 11.6 Å². The molecule has 4 heteroatoms. The minimum atomic E-state index is -0.258. The largest absolute Gasteiger partial charge is 0.496 e. The van der Waals surface area contributed by atoms with E-state index >= 15 is 0 Å². The fraction of sp³-hybridized carbons (Fsp3) is 0.278. The minimum absolute atomic E-state index is 0.258. The summed E-state index contributed by atoms with van der Waals surface area (Å²) in [5.74, 6) is 1.16. The quantitative estimate of drug-likeness (QED) is 0.905. The van der Waals surface area contributed by atoms with Crippen LogP contribution in [-0.4, -0.2) is 20.1 Å². The number of rotatable bonds is 5. The second-order valence-corrected chi connectivity index (χ2v) is 5.27. The summed E-state index contributed by atoms with van der Waals surface area (Å²) < 4.78 is 10.5. The second-order valence-electron chi connectivity index (χ2n) is 5.27. The molecule has 2 aromatic rings. The van der Waals surface area contributed by atoms with Gasteiger partial charge < -0.3 is 14.8 Å². The van der Waals surface area contributed by atoms with Crippen LogP contribution in [0.15, 0.2) is 42.5 Å². The molecule has 1 amide bonds. The van der Waals surface area contributed by atoms with Crippen molar-refractivity contribution in [3.05, 3.63) is 53.6 Å². The third-order valence-corrected chi connectivity index (χ3v) is 3.49. The fourth-order valence-corrected chi connectivity index (χ4v) is 2.22. The fourth-order valence-electron chi connectivity index (χ4n) is 2.22. The molecule has 22 heavy (non-hydrogen) atoms. The Morgan fingerprint density at radius 1 is 0.955 bits per heavy atom. The van der Waals surface area contributed by atoms with Gasteiger partial charge in [-0.15, -0.1) is 0 Å². The van der Waals surface area contributed by atoms with Crippen molar-refractivity contribution < 1.29 is 14.3 Å². The van der Waals surface area contributed by atoms with E-state index in [9.17, 15) is 4.79 Å². The number of benzene rings is 2. The van der Waals surface area contributed by atoms with Crippen LogP contribution in [-0.2, 0) is 0 Å². The van der Waals surface area contributed by atoms with Crippen LogP contribution in [0.3, 0.4) is 0 Å². The van der Waals surface area contributed by atoms with Gasteiger partial charge in [0.05, 0.1) is 14.2 Å². The highest BCUT2D eigenvalue weighted by Crippen LogP contribution is 2.29. The summed E-state index contributed by atoms with van der Waals surface area (Å²) in [6, 6.07) is 13.1. The van der Waals surface area contributed by atoms with Crippen LogP contribution >= 0.6 is 0 Å². The lowest BCUT2D eigenvalue weighted by atomic mass is 10.0. The number of anilines is 1. The Kier molecular flexibility index (Phi) is 5.04. The van der Waals surface area contributed by atoms with Crippen LogP contribution in [0.5, 0.6) is 11.5 Å². The van der Waals surface area contributed by atoms with Crippen LogP contribution < -0.4 is 14.8 Å². The van der Waals surface area contributed by atoms with E-state index < -0.39 is 0 Å². The van der Waals surface area contributed by atoms with Gasteiger partial charge in [-0.05, 0) is 35.7 Å². The summed E-state index contributed by atoms with van der Waals surface area (Å²) in [5, 5.41) is 2.87. The summed E-state index contributed by atoms with van der Waals surface area (Å²) in [5.41, 5.74) is 2.36. The molecule has 0 bridgehead atoms. The second kappa shape index (κ2) is 6.98. The smallest absolute Gasteiger partial charge is 0.263 e. The normalized spacial score (nSPS) is 10.4. The molecule has 0 unspecified atom stereocenters. The Balaban J connectivity index is 2.25. The van der Waals surface area contributed by atoms with E-state index in [1.54, 1.807) is 18.2 Å². The van der Waals surface area contributed by atoms with Crippen molar-refractivity contribution in [2.45, 2.75) is 19.8 Å². The molecule has 0 aliphatic rings. The maximum Gasteiger partial charge on any atom is 0.263 e. The molecule has 2 aromatic carbocycles. The highest BCUT2D eigenvalue weighted by molar-refractivity contribution is 6.08. The molecule has 0 aliphatic carbocycles. The van der Waals surface area contributed by atoms with Gasteiger partial charge in [0.1, 0.15) is 17.1 Å². The molecule has 2 rings (SSSR count). The van der Waals surface area contributed by atoms with Crippen LogP contribution in [0.25, 0.3) is 0 Å². The van der Waals surface area contributed by atoms with E-state index in [0.29, 0.717) is 23.0 Å². The van der Waals surface area contributed by atoms with Gasteiger partial charge in [0.2, 0.25) is 0 Å². The monoisotopic (exact) mass is 299 g/mol. The summed E-state index contributed by atoms with van der Waals surface area (Å²) in [6.07, 6.45) is 0. The number of carbonyl (C=O) groups is 1. The first-order valence-corrected chi connectivity index (χ1v) is 7.19. The minimum Gasteiger partial charge on any atom is -0.496 e. The van der Waals surface area contributed by atoms with Crippen molar-refractivity contribution in [1.82, 2.24) is 0 Å². The maximum absolute atomic E-state index is 12.5. The van der Waals surface area contributed by atoms with Gasteiger partial charge in [-0.1, -0.05) is 32.0 Å². The van der Waals surface area contributed by atoms with Gasteiger partial charge in [0, 0.05) is 5.69 Å². The lowest BCUT2D eigenvalue weighted by molar-refractivity contribution is 0.102. The highest BCUT2D eigenvalue weighted by atomic mass is 16.5. The SMILES string of the molecule is COc1cccc(OC)c1C(=O)Nc1ccc(C(C)C)cc1. The van der Waals surface area contributed by atoms with Gasteiger partial charge in [0.15, 0.2) is 0 Å². The molecule has 0 saturated carbocycles. The molecule has 0 spiro atoms. The number of methoxy groups -OCH3 is 2. The van der Waals surface area contributed by atoms with Crippen LogP contribution in [0.4, 0.5) is 5.69 Å². The zero-order valence-corrected chi connectivity index (χ0v) is 13.3. The van der Waals surface area contributed by atoms with Crippen LogP contribution in [0, 0.1) is 0 Å². The first-order chi connectivity index (χ1) is 10.6. The summed E-state index contributed by atoms with van der Waals surface area (Å²) in [4.78, 5) is 12.5. The average Bonchev–Trinajstić information content (AvgIpc) is 2.54. The average molecular weight is 299 g/mol. The Morgan fingerprint density at radius 2 is 1.50 bits per heavy atom. The number of nitrogens with one attached hydrogen (secondary N) is 1. The molecule has 1 N–H and O–H groups in total. The first kappa shape index (κ1) is 15.9. The highest BCUT2D eigenvalue weighted by Gasteiger charge is 2.18. The number of hydrogen-bond acceptors (Lipinski definition) is 3. The van der Waals surface area contributed by atoms with Gasteiger partial charge in [-0.2, -0.15) is 0 Å². The van der Waals surface area contributed by atoms with Gasteiger partial charge in [-0.25, -0.2) is 0 Å². The summed E-state index contributed by atoms with van der Waals surface area (Å²) in [6.45, 7) is 4.26. The van der Waals surface area contributed by atoms with E-state index in [4.69, 9.17) is 9.47 Å². The van der Waals surface area contributed by atoms with Crippen molar-refractivity contribution in [3.63, 3.8) is 0 Å². The van der Waals surface area contributed by atoms with E-state index in [-0.39, 0.29) is 5.91 Å². The van der Waals surface area contributed by atoms with Crippen LogP contribution in [0.2, 0.25) is 0 Å². The van der Waals surface area contributed by atoms with E-state index in [2.05, 4.69) is 19.2 Å². The third kappa shape index (κ3) is 3.39. The molecular weight excluding hydrogens is 278 g/mol. The van der Waals surface area contributed by atoms with Crippen molar-refractivity contribution in [3.8, 4) is 11.5 Å². The van der Waals surface area contributed by atoms with Gasteiger partial charge in [0.25, 0.3) is 5.91 Å². The summed E-state index contributed by atoms with van der Waals surface area (Å²) >= 11 is 0. The Labute approximate surface area is 131 Å².